The molecule has 1 aromatic rings. The third-order valence-electron chi connectivity index (χ3n) is 3.27. The Morgan fingerprint density at radius 2 is 1.78 bits per heavy atom. The molecule has 0 unspecified atom stereocenters. The van der Waals surface area contributed by atoms with Crippen molar-refractivity contribution in [3.8, 4) is 0 Å². The van der Waals surface area contributed by atoms with Gasteiger partial charge in [-0.15, -0.1) is 0 Å². The van der Waals surface area contributed by atoms with E-state index in [1.165, 1.54) is 0 Å². The number of halogens is 4. The van der Waals surface area contributed by atoms with E-state index in [4.69, 9.17) is 11.6 Å². The van der Waals surface area contributed by atoms with Crippen LogP contribution in [0, 0.1) is 0 Å². The highest BCUT2D eigenvalue weighted by Gasteiger charge is 2.41. The maximum atomic E-state index is 13.3. The van der Waals surface area contributed by atoms with Gasteiger partial charge in [-0.05, 0) is 23.1 Å². The molecule has 0 aliphatic carbocycles. The van der Waals surface area contributed by atoms with E-state index in [0.29, 0.717) is 4.31 Å². The Balaban J connectivity index is 2.71. The maximum absolute atomic E-state index is 13.3. The van der Waals surface area contributed by atoms with Crippen molar-refractivity contribution >= 4 is 33.4 Å². The van der Waals surface area contributed by atoms with Crippen molar-refractivity contribution in [3.05, 3.63) is 28.3 Å². The van der Waals surface area contributed by atoms with Crippen molar-refractivity contribution in [2.75, 3.05) is 10.8 Å². The molecule has 1 fully saturated rings. The van der Waals surface area contributed by atoms with Crippen LogP contribution in [0.15, 0.2) is 12.1 Å². The van der Waals surface area contributed by atoms with Crippen LogP contribution in [0.4, 0.5) is 18.9 Å². The lowest BCUT2D eigenvalue weighted by Gasteiger charge is -2.27. The van der Waals surface area contributed by atoms with Gasteiger partial charge in [-0.25, -0.2) is 9.03 Å². The van der Waals surface area contributed by atoms with Crippen LogP contribution < -0.4 is 9.03 Å². The van der Waals surface area contributed by atoms with Crippen molar-refractivity contribution in [1.29, 1.82) is 0 Å². The number of benzene rings is 1. The van der Waals surface area contributed by atoms with Gasteiger partial charge in [0.1, 0.15) is 6.54 Å². The van der Waals surface area contributed by atoms with Gasteiger partial charge in [0, 0.05) is 0 Å². The monoisotopic (exact) mass is 370 g/mol. The quantitative estimate of drug-likeness (QED) is 0.826. The summed E-state index contributed by atoms with van der Waals surface area (Å²) >= 11 is 5.79. The molecule has 0 aromatic heterocycles. The number of rotatable bonds is 1. The molecule has 1 heterocycles. The van der Waals surface area contributed by atoms with E-state index in [2.05, 4.69) is 0 Å². The van der Waals surface area contributed by atoms with Gasteiger partial charge in [-0.1, -0.05) is 32.4 Å². The molecule has 128 valence electrons. The van der Waals surface area contributed by atoms with E-state index >= 15 is 0 Å². The van der Waals surface area contributed by atoms with Gasteiger partial charge in [-0.2, -0.15) is 21.6 Å². The minimum absolute atomic E-state index is 0.0914. The molecular weight excluding hydrogens is 357 g/mol. The van der Waals surface area contributed by atoms with Crippen LogP contribution in [-0.2, 0) is 26.6 Å². The molecule has 23 heavy (non-hydrogen) atoms. The van der Waals surface area contributed by atoms with Crippen molar-refractivity contribution in [2.24, 2.45) is 0 Å². The first-order valence-corrected chi connectivity index (χ1v) is 8.30. The maximum Gasteiger partial charge on any atom is 0.418 e. The number of hydrogen-bond acceptors (Lipinski definition) is 3. The topological polar surface area (TPSA) is 66.5 Å². The molecule has 0 bridgehead atoms. The Hall–Kier alpha value is -1.48. The van der Waals surface area contributed by atoms with Gasteiger partial charge in [0.2, 0.25) is 0 Å². The average molecular weight is 371 g/mol. The van der Waals surface area contributed by atoms with E-state index in [-0.39, 0.29) is 11.3 Å². The summed E-state index contributed by atoms with van der Waals surface area (Å²) in [5.74, 6) is -0.765. The summed E-state index contributed by atoms with van der Waals surface area (Å²) in [6.45, 7) is 4.16. The lowest BCUT2D eigenvalue weighted by Crippen LogP contribution is -2.30. The van der Waals surface area contributed by atoms with Crippen LogP contribution >= 0.6 is 11.6 Å². The zero-order valence-corrected chi connectivity index (χ0v) is 14.0. The minimum atomic E-state index is -4.68. The van der Waals surface area contributed by atoms with Gasteiger partial charge in [0.25, 0.3) is 5.91 Å². The number of carbonyl (C=O) groups is 1. The Bertz CT molecular complexity index is 770. The second-order valence-electron chi connectivity index (χ2n) is 6.13. The van der Waals surface area contributed by atoms with E-state index in [1.807, 2.05) is 0 Å². The van der Waals surface area contributed by atoms with Crippen LogP contribution in [-0.4, -0.2) is 20.9 Å². The van der Waals surface area contributed by atoms with Gasteiger partial charge in [0.15, 0.2) is 0 Å². The molecule has 0 spiro atoms. The number of hydrogen-bond donors (Lipinski definition) is 1. The molecule has 1 amide bonds. The molecule has 1 N–H and O–H groups in total. The summed E-state index contributed by atoms with van der Waals surface area (Å²) in [5, 5.41) is -0.616. The largest absolute Gasteiger partial charge is 0.418 e. The second-order valence-corrected chi connectivity index (χ2v) is 8.14. The predicted octanol–water partition coefficient (Wildman–Crippen LogP) is 2.84. The fourth-order valence-corrected chi connectivity index (χ4v) is 3.75. The Kier molecular flexibility index (Phi) is 4.09. The third-order valence-corrected chi connectivity index (χ3v) is 4.98. The predicted molar refractivity (Wildman–Crippen MR) is 79.6 cm³/mol. The molecule has 10 heteroatoms. The summed E-state index contributed by atoms with van der Waals surface area (Å²) in [6, 6.07) is 2.00. The fourth-order valence-electron chi connectivity index (χ4n) is 2.29. The normalized spacial score (nSPS) is 18.2. The Labute approximate surface area is 136 Å². The Morgan fingerprint density at radius 3 is 2.17 bits per heavy atom. The lowest BCUT2D eigenvalue weighted by atomic mass is 9.83. The van der Waals surface area contributed by atoms with Gasteiger partial charge < -0.3 is 0 Å². The minimum Gasteiger partial charge on any atom is -0.272 e. The standard InChI is InChI=1S/C13H14ClF3N2O3S/c1-12(2,3)8-4-7(5-9(14)11(8)13(15,16)17)19-6-10(20)18-23(19,21)22/h4-5H,6H2,1-3H3,(H,18,20). The van der Waals surface area contributed by atoms with Gasteiger partial charge in [-0.3, -0.25) is 4.79 Å². The molecular formula is C13H14ClF3N2O3S. The number of carbonyl (C=O) groups excluding carboxylic acids is 1. The number of nitrogens with one attached hydrogen (secondary N) is 1. The number of alkyl halides is 3. The second kappa shape index (κ2) is 5.27. The molecule has 2 rings (SSSR count). The molecule has 1 aliphatic heterocycles. The van der Waals surface area contributed by atoms with Gasteiger partial charge in [0.05, 0.1) is 16.3 Å². The highest BCUT2D eigenvalue weighted by Crippen LogP contribution is 2.44. The summed E-state index contributed by atoms with van der Waals surface area (Å²) < 4.78 is 66.0. The zero-order valence-electron chi connectivity index (χ0n) is 12.5. The number of anilines is 1. The third kappa shape index (κ3) is 3.40. The lowest BCUT2D eigenvalue weighted by molar-refractivity contribution is -0.138. The first-order valence-electron chi connectivity index (χ1n) is 6.48. The molecule has 0 saturated carbocycles. The molecule has 0 atom stereocenters. The van der Waals surface area contributed by atoms with Crippen LogP contribution in [0.1, 0.15) is 31.9 Å². The van der Waals surface area contributed by atoms with Crippen LogP contribution in [0.25, 0.3) is 0 Å². The van der Waals surface area contributed by atoms with Crippen molar-refractivity contribution < 1.29 is 26.4 Å². The van der Waals surface area contributed by atoms with Crippen molar-refractivity contribution in [2.45, 2.75) is 32.4 Å². The fraction of sp³-hybridized carbons (Fsp3) is 0.462. The molecule has 1 aliphatic rings. The van der Waals surface area contributed by atoms with Crippen LogP contribution in [0.5, 0.6) is 0 Å². The number of nitrogens with zero attached hydrogens (tertiary/aromatic N) is 1. The molecule has 1 saturated heterocycles. The Morgan fingerprint density at radius 1 is 1.22 bits per heavy atom. The zero-order chi connectivity index (χ0) is 17.8. The summed E-state index contributed by atoms with van der Waals surface area (Å²) in [7, 11) is -4.12. The van der Waals surface area contributed by atoms with Crippen molar-refractivity contribution in [3.63, 3.8) is 0 Å². The first kappa shape index (κ1) is 17.9. The first-order chi connectivity index (χ1) is 10.2. The SMILES string of the molecule is CC(C)(C)c1cc(N2CC(=O)NS2(=O)=O)cc(Cl)c1C(F)(F)F. The summed E-state index contributed by atoms with van der Waals surface area (Å²) in [5.41, 5.74) is -2.19. The van der Waals surface area contributed by atoms with E-state index in [9.17, 15) is 26.4 Å². The van der Waals surface area contributed by atoms with Gasteiger partial charge >= 0.3 is 16.4 Å². The van der Waals surface area contributed by atoms with E-state index in [0.717, 1.165) is 12.1 Å². The van der Waals surface area contributed by atoms with Crippen molar-refractivity contribution in [1.82, 2.24) is 4.72 Å². The highest BCUT2D eigenvalue weighted by molar-refractivity contribution is 7.92. The molecule has 5 nitrogen and oxygen atoms in total. The smallest absolute Gasteiger partial charge is 0.272 e. The highest BCUT2D eigenvalue weighted by atomic mass is 35.5. The summed E-state index contributed by atoms with van der Waals surface area (Å²) in [6.07, 6.45) is -4.68. The average Bonchev–Trinajstić information content (AvgIpc) is 2.58. The number of amides is 1. The van der Waals surface area contributed by atoms with Crippen LogP contribution in [0.2, 0.25) is 5.02 Å². The summed E-state index contributed by atoms with van der Waals surface area (Å²) in [4.78, 5) is 11.3. The molecule has 1 aromatic carbocycles. The van der Waals surface area contributed by atoms with Crippen LogP contribution in [0.3, 0.4) is 0 Å². The van der Waals surface area contributed by atoms with E-state index < -0.39 is 44.8 Å². The van der Waals surface area contributed by atoms with E-state index in [1.54, 1.807) is 25.5 Å². The molecule has 0 radical (unpaired) electrons.